The van der Waals surface area contributed by atoms with Crippen LogP contribution in [0.5, 0.6) is 5.75 Å². The van der Waals surface area contributed by atoms with Gasteiger partial charge in [0.1, 0.15) is 5.75 Å². The van der Waals surface area contributed by atoms with E-state index >= 15 is 0 Å². The minimum atomic E-state index is 0.764. The van der Waals surface area contributed by atoms with Crippen LogP contribution in [0.15, 0.2) is 96.0 Å². The van der Waals surface area contributed by atoms with Crippen LogP contribution < -0.4 is 15.4 Å². The van der Waals surface area contributed by atoms with Gasteiger partial charge in [-0.05, 0) is 61.4 Å². The first-order valence-electron chi connectivity index (χ1n) is 13.0. The van der Waals surface area contributed by atoms with E-state index < -0.39 is 0 Å². The maximum atomic E-state index is 6.07. The van der Waals surface area contributed by atoms with Crippen molar-refractivity contribution in [1.82, 2.24) is 5.32 Å². The van der Waals surface area contributed by atoms with Crippen molar-refractivity contribution in [2.45, 2.75) is 46.0 Å². The second-order valence-corrected chi connectivity index (χ2v) is 9.21. The van der Waals surface area contributed by atoms with Crippen LogP contribution in [-0.4, -0.2) is 19.1 Å². The Labute approximate surface area is 215 Å². The largest absolute Gasteiger partial charge is 0.493 e. The number of unbranched alkanes of at least 4 members (excludes halogenated alkanes) is 4. The number of rotatable bonds is 11. The first-order valence-corrected chi connectivity index (χ1v) is 13.0. The maximum absolute atomic E-state index is 6.07. The normalized spacial score (nSPS) is 11.4. The molecule has 4 rings (SSSR count). The molecule has 0 aliphatic rings. The second kappa shape index (κ2) is 13.3. The molecular formula is C32H37N3O. The van der Waals surface area contributed by atoms with E-state index in [0.717, 1.165) is 54.6 Å². The van der Waals surface area contributed by atoms with Crippen LogP contribution in [0.4, 0.5) is 11.4 Å². The van der Waals surface area contributed by atoms with Gasteiger partial charge in [0.2, 0.25) is 5.96 Å². The molecule has 36 heavy (non-hydrogen) atoms. The minimum Gasteiger partial charge on any atom is -0.493 e. The van der Waals surface area contributed by atoms with E-state index in [0.29, 0.717) is 0 Å². The van der Waals surface area contributed by atoms with E-state index in [4.69, 9.17) is 9.73 Å². The van der Waals surface area contributed by atoms with Crippen molar-refractivity contribution in [3.05, 3.63) is 102 Å². The lowest BCUT2D eigenvalue weighted by atomic mass is 10.1. The quantitative estimate of drug-likeness (QED) is 0.129. The Balaban J connectivity index is 1.20. The molecule has 0 aromatic heterocycles. The molecule has 0 atom stereocenters. The molecule has 0 unspecified atom stereocenters. The van der Waals surface area contributed by atoms with Crippen molar-refractivity contribution in [2.75, 3.05) is 18.5 Å². The Hall–Kier alpha value is -3.79. The van der Waals surface area contributed by atoms with Crippen LogP contribution >= 0.6 is 0 Å². The number of aryl methyl sites for hydroxylation is 2. The summed E-state index contributed by atoms with van der Waals surface area (Å²) in [4.78, 5) is 4.88. The molecule has 0 fully saturated rings. The lowest BCUT2D eigenvalue weighted by Gasteiger charge is -2.15. The molecule has 4 aromatic rings. The van der Waals surface area contributed by atoms with Gasteiger partial charge in [-0.2, -0.15) is 0 Å². The number of nitrogens with zero attached hydrogens (tertiary/aromatic N) is 1. The van der Waals surface area contributed by atoms with Gasteiger partial charge in [0.25, 0.3) is 0 Å². The Kier molecular flexibility index (Phi) is 9.38. The van der Waals surface area contributed by atoms with Crippen molar-refractivity contribution in [1.29, 1.82) is 0 Å². The van der Waals surface area contributed by atoms with E-state index in [-0.39, 0.29) is 0 Å². The Morgan fingerprint density at radius 2 is 1.39 bits per heavy atom. The molecule has 0 amide bonds. The zero-order valence-corrected chi connectivity index (χ0v) is 21.5. The molecule has 186 valence electrons. The number of para-hydroxylation sites is 2. The summed E-state index contributed by atoms with van der Waals surface area (Å²) in [7, 11) is 0. The molecule has 0 aliphatic heterocycles. The van der Waals surface area contributed by atoms with Crippen LogP contribution in [0.25, 0.3) is 10.8 Å². The zero-order chi connectivity index (χ0) is 25.0. The average molecular weight is 480 g/mol. The number of benzene rings is 4. The summed E-state index contributed by atoms with van der Waals surface area (Å²) in [6.45, 7) is 5.85. The number of fused-ring (bicyclic) bond motifs is 1. The van der Waals surface area contributed by atoms with Gasteiger partial charge in [-0.15, -0.1) is 0 Å². The van der Waals surface area contributed by atoms with Crippen molar-refractivity contribution in [3.63, 3.8) is 0 Å². The van der Waals surface area contributed by atoms with Gasteiger partial charge >= 0.3 is 0 Å². The van der Waals surface area contributed by atoms with Crippen LogP contribution in [0.1, 0.15) is 43.2 Å². The molecule has 4 nitrogen and oxygen atoms in total. The smallest absolute Gasteiger partial charge is 0.201 e. The third-order valence-electron chi connectivity index (χ3n) is 6.37. The molecule has 0 heterocycles. The Morgan fingerprint density at radius 3 is 2.25 bits per heavy atom. The van der Waals surface area contributed by atoms with Gasteiger partial charge in [-0.3, -0.25) is 0 Å². The van der Waals surface area contributed by atoms with Crippen molar-refractivity contribution >= 4 is 28.1 Å². The van der Waals surface area contributed by atoms with Gasteiger partial charge in [0, 0.05) is 17.6 Å². The minimum absolute atomic E-state index is 0.764. The van der Waals surface area contributed by atoms with Gasteiger partial charge in [0.05, 0.1) is 12.3 Å². The first kappa shape index (κ1) is 25.3. The molecule has 0 bridgehead atoms. The molecule has 0 aliphatic carbocycles. The number of nitrogens with one attached hydrogen (secondary N) is 2. The Bertz CT molecular complexity index is 1280. The first-order chi connectivity index (χ1) is 17.7. The van der Waals surface area contributed by atoms with E-state index in [1.807, 2.05) is 18.2 Å². The number of ether oxygens (including phenoxy) is 1. The standard InChI is InChI=1S/C32H37N3O/c1-25-15-6-10-20-29(25)34-32(35-30-21-11-7-16-26(30)2)33-23-12-4-3-5-13-24-36-31-22-14-18-27-17-8-9-19-28(27)31/h6-11,14-22H,3-5,12-13,23-24H2,1-2H3,(H2,33,34,35). The Morgan fingerprint density at radius 1 is 0.694 bits per heavy atom. The summed E-state index contributed by atoms with van der Waals surface area (Å²) in [6.07, 6.45) is 5.74. The number of guanidine groups is 1. The number of hydrogen-bond donors (Lipinski definition) is 2. The fourth-order valence-corrected chi connectivity index (χ4v) is 4.23. The van der Waals surface area contributed by atoms with E-state index in [1.165, 1.54) is 35.6 Å². The molecule has 0 radical (unpaired) electrons. The van der Waals surface area contributed by atoms with Crippen molar-refractivity contribution < 1.29 is 4.74 Å². The SMILES string of the molecule is Cc1ccccc1/N=C(/NCCCCCCCOc1cccc2ccccc12)Nc1ccccc1C. The van der Waals surface area contributed by atoms with Crippen LogP contribution in [-0.2, 0) is 0 Å². The second-order valence-electron chi connectivity index (χ2n) is 9.21. The lowest BCUT2D eigenvalue weighted by Crippen LogP contribution is -2.31. The van der Waals surface area contributed by atoms with E-state index in [1.54, 1.807) is 0 Å². The number of hydrogen-bond acceptors (Lipinski definition) is 2. The topological polar surface area (TPSA) is 45.7 Å². The van der Waals surface area contributed by atoms with Crippen LogP contribution in [0, 0.1) is 13.8 Å². The van der Waals surface area contributed by atoms with Crippen molar-refractivity contribution in [3.8, 4) is 5.75 Å². The summed E-state index contributed by atoms with van der Waals surface area (Å²) in [6, 6.07) is 31.2. The fourth-order valence-electron chi connectivity index (χ4n) is 4.23. The zero-order valence-electron chi connectivity index (χ0n) is 21.5. The summed E-state index contributed by atoms with van der Waals surface area (Å²) < 4.78 is 6.07. The summed E-state index contributed by atoms with van der Waals surface area (Å²) >= 11 is 0. The number of anilines is 1. The third kappa shape index (κ3) is 7.35. The van der Waals surface area contributed by atoms with E-state index in [9.17, 15) is 0 Å². The average Bonchev–Trinajstić information content (AvgIpc) is 2.90. The predicted octanol–water partition coefficient (Wildman–Crippen LogP) is 8.18. The highest BCUT2D eigenvalue weighted by Gasteiger charge is 2.05. The van der Waals surface area contributed by atoms with Gasteiger partial charge in [-0.25, -0.2) is 4.99 Å². The van der Waals surface area contributed by atoms with Crippen LogP contribution in [0.2, 0.25) is 0 Å². The van der Waals surface area contributed by atoms with Gasteiger partial charge < -0.3 is 15.4 Å². The molecule has 0 saturated carbocycles. The molecule has 4 heteroatoms. The molecule has 4 aromatic carbocycles. The monoisotopic (exact) mass is 479 g/mol. The lowest BCUT2D eigenvalue weighted by molar-refractivity contribution is 0.308. The molecule has 2 N–H and O–H groups in total. The highest BCUT2D eigenvalue weighted by atomic mass is 16.5. The summed E-state index contributed by atoms with van der Waals surface area (Å²) in [5.41, 5.74) is 4.41. The van der Waals surface area contributed by atoms with Crippen LogP contribution in [0.3, 0.4) is 0 Å². The van der Waals surface area contributed by atoms with Crippen molar-refractivity contribution in [2.24, 2.45) is 4.99 Å². The highest BCUT2D eigenvalue weighted by Crippen LogP contribution is 2.25. The van der Waals surface area contributed by atoms with Gasteiger partial charge in [0.15, 0.2) is 0 Å². The predicted molar refractivity (Wildman–Crippen MR) is 154 cm³/mol. The van der Waals surface area contributed by atoms with Gasteiger partial charge in [-0.1, -0.05) is 92.1 Å². The molecule has 0 spiro atoms. The van der Waals surface area contributed by atoms with E-state index in [2.05, 4.69) is 97.3 Å². The summed E-state index contributed by atoms with van der Waals surface area (Å²) in [5, 5.41) is 9.43. The molecule has 0 saturated heterocycles. The fraction of sp³-hybridized carbons (Fsp3) is 0.281. The maximum Gasteiger partial charge on any atom is 0.201 e. The number of aliphatic imine (C=N–C) groups is 1. The third-order valence-corrected chi connectivity index (χ3v) is 6.37. The summed E-state index contributed by atoms with van der Waals surface area (Å²) in [5.74, 6) is 1.78. The molecular weight excluding hydrogens is 442 g/mol. The highest BCUT2D eigenvalue weighted by molar-refractivity contribution is 5.96.